The summed E-state index contributed by atoms with van der Waals surface area (Å²) in [6.07, 6.45) is 5.59. The lowest BCUT2D eigenvalue weighted by Gasteiger charge is -2.32. The number of rotatable bonds is 4. The van der Waals surface area contributed by atoms with Gasteiger partial charge in [-0.05, 0) is 25.7 Å². The van der Waals surface area contributed by atoms with Crippen molar-refractivity contribution < 1.29 is 4.74 Å². The Bertz CT molecular complexity index is 577. The molecule has 112 valence electrons. The molecule has 7 heteroatoms. The van der Waals surface area contributed by atoms with Crippen LogP contribution in [0.3, 0.4) is 0 Å². The van der Waals surface area contributed by atoms with Crippen LogP contribution in [0.2, 0.25) is 0 Å². The third-order valence-electron chi connectivity index (χ3n) is 3.84. The molecule has 0 saturated carbocycles. The van der Waals surface area contributed by atoms with Crippen LogP contribution < -0.4 is 9.64 Å². The summed E-state index contributed by atoms with van der Waals surface area (Å²) in [7, 11) is 1.63. The molecule has 1 aliphatic rings. The van der Waals surface area contributed by atoms with Gasteiger partial charge in [0.25, 0.3) is 0 Å². The number of piperidine rings is 1. The van der Waals surface area contributed by atoms with Gasteiger partial charge < -0.3 is 9.64 Å². The standard InChI is InChI=1S/C14H20N6O/c1-11-7-13(21-2)18-14(17-11)19-5-3-12(4-6-19)8-20-10-15-9-16-20/h7,9-10,12H,3-6,8H2,1-2H3. The van der Waals surface area contributed by atoms with E-state index in [1.807, 2.05) is 17.7 Å². The van der Waals surface area contributed by atoms with Crippen LogP contribution in [0.1, 0.15) is 18.5 Å². The molecule has 7 nitrogen and oxygen atoms in total. The normalized spacial score (nSPS) is 16.2. The Morgan fingerprint density at radius 2 is 2.10 bits per heavy atom. The molecule has 0 bridgehead atoms. The quantitative estimate of drug-likeness (QED) is 0.844. The van der Waals surface area contributed by atoms with Crippen molar-refractivity contribution in [3.05, 3.63) is 24.4 Å². The smallest absolute Gasteiger partial charge is 0.228 e. The molecule has 0 radical (unpaired) electrons. The summed E-state index contributed by atoms with van der Waals surface area (Å²) in [6, 6.07) is 1.85. The highest BCUT2D eigenvalue weighted by Gasteiger charge is 2.22. The zero-order valence-electron chi connectivity index (χ0n) is 12.4. The van der Waals surface area contributed by atoms with Crippen LogP contribution in [0, 0.1) is 12.8 Å². The highest BCUT2D eigenvalue weighted by molar-refractivity contribution is 5.34. The Balaban J connectivity index is 1.61. The first-order valence-electron chi connectivity index (χ1n) is 7.21. The van der Waals surface area contributed by atoms with E-state index in [4.69, 9.17) is 4.74 Å². The lowest BCUT2D eigenvalue weighted by atomic mass is 9.97. The molecule has 1 aliphatic heterocycles. The van der Waals surface area contributed by atoms with E-state index in [0.717, 1.165) is 44.1 Å². The van der Waals surface area contributed by atoms with Gasteiger partial charge in [-0.15, -0.1) is 0 Å². The van der Waals surface area contributed by atoms with Gasteiger partial charge in [-0.1, -0.05) is 0 Å². The first-order chi connectivity index (χ1) is 10.2. The molecule has 0 spiro atoms. The number of anilines is 1. The van der Waals surface area contributed by atoms with Crippen LogP contribution in [-0.4, -0.2) is 44.9 Å². The molecule has 3 rings (SSSR count). The maximum Gasteiger partial charge on any atom is 0.228 e. The Kier molecular flexibility index (Phi) is 3.98. The summed E-state index contributed by atoms with van der Waals surface area (Å²) >= 11 is 0. The van der Waals surface area contributed by atoms with E-state index in [9.17, 15) is 0 Å². The second-order valence-corrected chi connectivity index (χ2v) is 5.40. The van der Waals surface area contributed by atoms with Crippen molar-refractivity contribution in [2.24, 2.45) is 5.92 Å². The molecule has 0 aliphatic carbocycles. The molecule has 0 amide bonds. The maximum atomic E-state index is 5.22. The Morgan fingerprint density at radius 1 is 1.29 bits per heavy atom. The summed E-state index contributed by atoms with van der Waals surface area (Å²) in [5, 5.41) is 4.17. The lowest BCUT2D eigenvalue weighted by Crippen LogP contribution is -2.36. The molecule has 0 N–H and O–H groups in total. The zero-order chi connectivity index (χ0) is 14.7. The molecule has 2 aromatic rings. The Morgan fingerprint density at radius 3 is 2.76 bits per heavy atom. The van der Waals surface area contributed by atoms with Gasteiger partial charge in [-0.3, -0.25) is 4.68 Å². The average Bonchev–Trinajstić information content (AvgIpc) is 3.00. The maximum absolute atomic E-state index is 5.22. The number of aromatic nitrogens is 5. The molecule has 21 heavy (non-hydrogen) atoms. The van der Waals surface area contributed by atoms with Gasteiger partial charge in [-0.25, -0.2) is 9.97 Å². The van der Waals surface area contributed by atoms with Gasteiger partial charge in [0.05, 0.1) is 7.11 Å². The summed E-state index contributed by atoms with van der Waals surface area (Å²) in [5.41, 5.74) is 0.932. The number of hydrogen-bond acceptors (Lipinski definition) is 6. The third-order valence-corrected chi connectivity index (χ3v) is 3.84. The Hall–Kier alpha value is -2.18. The van der Waals surface area contributed by atoms with E-state index in [1.165, 1.54) is 0 Å². The number of ether oxygens (including phenoxy) is 1. The monoisotopic (exact) mass is 288 g/mol. The van der Waals surface area contributed by atoms with Crippen molar-refractivity contribution in [2.45, 2.75) is 26.3 Å². The van der Waals surface area contributed by atoms with Gasteiger partial charge in [-0.2, -0.15) is 10.1 Å². The minimum atomic E-state index is 0.627. The molecule has 0 aromatic carbocycles. The largest absolute Gasteiger partial charge is 0.481 e. The van der Waals surface area contributed by atoms with Crippen LogP contribution in [0.15, 0.2) is 18.7 Å². The van der Waals surface area contributed by atoms with E-state index in [0.29, 0.717) is 11.8 Å². The van der Waals surface area contributed by atoms with Crippen LogP contribution in [0.5, 0.6) is 5.88 Å². The van der Waals surface area contributed by atoms with Gasteiger partial charge in [0, 0.05) is 31.4 Å². The fourth-order valence-electron chi connectivity index (χ4n) is 2.68. The summed E-state index contributed by atoms with van der Waals surface area (Å²) in [6.45, 7) is 4.83. The van der Waals surface area contributed by atoms with Gasteiger partial charge in [0.2, 0.25) is 11.8 Å². The summed E-state index contributed by atoms with van der Waals surface area (Å²) in [5.74, 6) is 2.03. The molecule has 1 saturated heterocycles. The van der Waals surface area contributed by atoms with Gasteiger partial charge in [0.1, 0.15) is 12.7 Å². The second-order valence-electron chi connectivity index (χ2n) is 5.40. The lowest BCUT2D eigenvalue weighted by molar-refractivity contribution is 0.339. The SMILES string of the molecule is COc1cc(C)nc(N2CCC(Cn3cncn3)CC2)n1. The summed E-state index contributed by atoms with van der Waals surface area (Å²) in [4.78, 5) is 15.2. The minimum Gasteiger partial charge on any atom is -0.481 e. The zero-order valence-corrected chi connectivity index (χ0v) is 12.4. The van der Waals surface area contributed by atoms with Crippen molar-refractivity contribution in [1.29, 1.82) is 0 Å². The van der Waals surface area contributed by atoms with Crippen LogP contribution >= 0.6 is 0 Å². The van der Waals surface area contributed by atoms with Crippen molar-refractivity contribution >= 4 is 5.95 Å². The van der Waals surface area contributed by atoms with Crippen LogP contribution in [-0.2, 0) is 6.54 Å². The Labute approximate surface area is 124 Å². The number of nitrogens with zero attached hydrogens (tertiary/aromatic N) is 6. The molecular formula is C14H20N6O. The molecule has 2 aromatic heterocycles. The molecule has 0 atom stereocenters. The van der Waals surface area contributed by atoms with E-state index in [1.54, 1.807) is 19.8 Å². The topological polar surface area (TPSA) is 69.0 Å². The second kappa shape index (κ2) is 6.07. The fraction of sp³-hybridized carbons (Fsp3) is 0.571. The molecule has 3 heterocycles. The molecule has 1 fully saturated rings. The number of methoxy groups -OCH3 is 1. The minimum absolute atomic E-state index is 0.627. The first kappa shape index (κ1) is 13.8. The van der Waals surface area contributed by atoms with E-state index >= 15 is 0 Å². The van der Waals surface area contributed by atoms with E-state index < -0.39 is 0 Å². The predicted octanol–water partition coefficient (Wildman–Crippen LogP) is 1.30. The van der Waals surface area contributed by atoms with Crippen LogP contribution in [0.4, 0.5) is 5.95 Å². The van der Waals surface area contributed by atoms with Gasteiger partial charge in [0.15, 0.2) is 0 Å². The van der Waals surface area contributed by atoms with Crippen molar-refractivity contribution in [3.8, 4) is 5.88 Å². The predicted molar refractivity (Wildman–Crippen MR) is 78.3 cm³/mol. The van der Waals surface area contributed by atoms with E-state index in [-0.39, 0.29) is 0 Å². The van der Waals surface area contributed by atoms with Crippen molar-refractivity contribution in [2.75, 3.05) is 25.1 Å². The first-order valence-corrected chi connectivity index (χ1v) is 7.21. The van der Waals surface area contributed by atoms with E-state index in [2.05, 4.69) is 25.0 Å². The summed E-state index contributed by atoms with van der Waals surface area (Å²) < 4.78 is 7.13. The highest BCUT2D eigenvalue weighted by Crippen LogP contribution is 2.23. The van der Waals surface area contributed by atoms with Gasteiger partial charge >= 0.3 is 0 Å². The highest BCUT2D eigenvalue weighted by atomic mass is 16.5. The number of hydrogen-bond donors (Lipinski definition) is 0. The molecular weight excluding hydrogens is 268 g/mol. The fourth-order valence-corrected chi connectivity index (χ4v) is 2.68. The number of aryl methyl sites for hydroxylation is 1. The third kappa shape index (κ3) is 3.29. The molecule has 0 unspecified atom stereocenters. The van der Waals surface area contributed by atoms with Crippen LogP contribution in [0.25, 0.3) is 0 Å². The van der Waals surface area contributed by atoms with Crippen molar-refractivity contribution in [1.82, 2.24) is 24.7 Å². The average molecular weight is 288 g/mol. The van der Waals surface area contributed by atoms with Crippen molar-refractivity contribution in [3.63, 3.8) is 0 Å².